The zero-order chi connectivity index (χ0) is 11.5. The van der Waals surface area contributed by atoms with Gasteiger partial charge in [-0.2, -0.15) is 0 Å². The molecule has 2 rings (SSSR count). The normalized spacial score (nSPS) is 35.4. The van der Waals surface area contributed by atoms with Crippen molar-refractivity contribution in [3.8, 4) is 0 Å². The van der Waals surface area contributed by atoms with Crippen molar-refractivity contribution in [2.45, 2.75) is 25.5 Å². The molecule has 1 amide bonds. The predicted molar refractivity (Wildman–Crippen MR) is 59.0 cm³/mol. The minimum absolute atomic E-state index is 0.0117. The maximum atomic E-state index is 12.2. The Labute approximate surface area is 95.8 Å². The summed E-state index contributed by atoms with van der Waals surface area (Å²) in [5.74, 6) is 0.302. The lowest BCUT2D eigenvalue weighted by Crippen LogP contribution is -2.50. The smallest absolute Gasteiger partial charge is 0.227 e. The van der Waals surface area contributed by atoms with E-state index in [1.165, 1.54) is 0 Å². The Morgan fingerprint density at radius 3 is 3.06 bits per heavy atom. The molecule has 5 nitrogen and oxygen atoms in total. The van der Waals surface area contributed by atoms with Crippen LogP contribution in [0.15, 0.2) is 0 Å². The number of carbonyl (C=O) groups excluding carboxylic acids is 1. The molecule has 2 N–H and O–H groups in total. The van der Waals surface area contributed by atoms with Crippen molar-refractivity contribution >= 4 is 5.91 Å². The van der Waals surface area contributed by atoms with Crippen LogP contribution in [0.4, 0.5) is 0 Å². The van der Waals surface area contributed by atoms with Crippen LogP contribution < -0.4 is 5.32 Å². The number of amides is 1. The fraction of sp³-hybridized carbons (Fsp3) is 0.909. The van der Waals surface area contributed by atoms with Gasteiger partial charge in [-0.25, -0.2) is 0 Å². The first-order chi connectivity index (χ1) is 7.72. The molecule has 0 saturated carbocycles. The molecule has 3 atom stereocenters. The highest BCUT2D eigenvalue weighted by Gasteiger charge is 2.34. The maximum absolute atomic E-state index is 12.2. The molecule has 0 radical (unpaired) electrons. The Hall–Kier alpha value is -0.650. The fourth-order valence-corrected chi connectivity index (χ4v) is 2.46. The zero-order valence-corrected chi connectivity index (χ0v) is 9.69. The second-order valence-electron chi connectivity index (χ2n) is 4.60. The summed E-state index contributed by atoms with van der Waals surface area (Å²) in [4.78, 5) is 14.1. The van der Waals surface area contributed by atoms with Crippen LogP contribution in [0.1, 0.15) is 13.3 Å². The largest absolute Gasteiger partial charge is 0.394 e. The lowest BCUT2D eigenvalue weighted by atomic mass is 10.00. The molecule has 5 heteroatoms. The highest BCUT2D eigenvalue weighted by molar-refractivity contribution is 5.80. The average molecular weight is 228 g/mol. The Bertz CT molecular complexity index is 260. The van der Waals surface area contributed by atoms with Gasteiger partial charge in [0.2, 0.25) is 5.91 Å². The van der Waals surface area contributed by atoms with Crippen molar-refractivity contribution in [2.75, 3.05) is 32.8 Å². The molecule has 0 aromatic heterocycles. The minimum Gasteiger partial charge on any atom is -0.394 e. The monoisotopic (exact) mass is 228 g/mol. The summed E-state index contributed by atoms with van der Waals surface area (Å²) in [6.45, 7) is 4.68. The van der Waals surface area contributed by atoms with Crippen molar-refractivity contribution in [3.63, 3.8) is 0 Å². The Kier molecular flexibility index (Phi) is 3.78. The second kappa shape index (κ2) is 5.12. The van der Waals surface area contributed by atoms with Gasteiger partial charge in [-0.1, -0.05) is 0 Å². The number of aliphatic hydroxyl groups is 1. The molecule has 16 heavy (non-hydrogen) atoms. The first kappa shape index (κ1) is 11.8. The molecule has 0 aromatic carbocycles. The first-order valence-corrected chi connectivity index (χ1v) is 5.97. The van der Waals surface area contributed by atoms with Crippen LogP contribution in [-0.4, -0.2) is 60.9 Å². The molecule has 92 valence electrons. The van der Waals surface area contributed by atoms with E-state index in [-0.39, 0.29) is 30.6 Å². The highest BCUT2D eigenvalue weighted by atomic mass is 16.5. The third-order valence-corrected chi connectivity index (χ3v) is 3.50. The third kappa shape index (κ3) is 2.36. The van der Waals surface area contributed by atoms with Gasteiger partial charge in [0, 0.05) is 19.1 Å². The third-order valence-electron chi connectivity index (χ3n) is 3.50. The molecule has 0 aromatic rings. The number of carbonyl (C=O) groups is 1. The summed E-state index contributed by atoms with van der Waals surface area (Å²) >= 11 is 0. The molecule has 2 aliphatic rings. The molecular weight excluding hydrogens is 208 g/mol. The Morgan fingerprint density at radius 2 is 2.44 bits per heavy atom. The summed E-state index contributed by atoms with van der Waals surface area (Å²) in [6.07, 6.45) is 0.712. The minimum atomic E-state index is -0.206. The van der Waals surface area contributed by atoms with Gasteiger partial charge in [0.15, 0.2) is 0 Å². The van der Waals surface area contributed by atoms with Gasteiger partial charge in [-0.15, -0.1) is 0 Å². The van der Waals surface area contributed by atoms with Gasteiger partial charge in [0.25, 0.3) is 0 Å². The van der Waals surface area contributed by atoms with Crippen molar-refractivity contribution in [2.24, 2.45) is 5.92 Å². The average Bonchev–Trinajstić information content (AvgIpc) is 2.74. The van der Waals surface area contributed by atoms with Crippen LogP contribution in [-0.2, 0) is 9.53 Å². The van der Waals surface area contributed by atoms with Crippen LogP contribution in [0, 0.1) is 5.92 Å². The van der Waals surface area contributed by atoms with Gasteiger partial charge < -0.3 is 20.1 Å². The van der Waals surface area contributed by atoms with E-state index >= 15 is 0 Å². The van der Waals surface area contributed by atoms with Crippen molar-refractivity contribution in [3.05, 3.63) is 0 Å². The van der Waals surface area contributed by atoms with Gasteiger partial charge in [0.1, 0.15) is 0 Å². The predicted octanol–water partition coefficient (Wildman–Crippen LogP) is -0.796. The van der Waals surface area contributed by atoms with Crippen LogP contribution in [0.5, 0.6) is 0 Å². The summed E-state index contributed by atoms with van der Waals surface area (Å²) in [7, 11) is 0. The van der Waals surface area contributed by atoms with E-state index in [4.69, 9.17) is 9.84 Å². The zero-order valence-electron chi connectivity index (χ0n) is 9.69. The number of morpholine rings is 1. The van der Waals surface area contributed by atoms with Gasteiger partial charge in [-0.3, -0.25) is 4.79 Å². The lowest BCUT2D eigenvalue weighted by molar-refractivity contribution is -0.144. The van der Waals surface area contributed by atoms with E-state index in [1.807, 2.05) is 4.90 Å². The summed E-state index contributed by atoms with van der Waals surface area (Å²) in [5, 5.41) is 12.3. The van der Waals surface area contributed by atoms with E-state index < -0.39 is 0 Å². The van der Waals surface area contributed by atoms with Crippen LogP contribution in [0.2, 0.25) is 0 Å². The van der Waals surface area contributed by atoms with E-state index in [1.54, 1.807) is 0 Å². The lowest BCUT2D eigenvalue weighted by Gasteiger charge is -2.34. The molecule has 2 saturated heterocycles. The number of ether oxygens (including phenoxy) is 1. The molecule has 0 spiro atoms. The van der Waals surface area contributed by atoms with Gasteiger partial charge >= 0.3 is 0 Å². The van der Waals surface area contributed by atoms with Crippen molar-refractivity contribution in [1.82, 2.24) is 10.2 Å². The van der Waals surface area contributed by atoms with E-state index in [0.717, 1.165) is 13.0 Å². The SMILES string of the molecule is CC1NCCC1C(=O)N1CCOC(CO)C1. The number of aliphatic hydroxyl groups excluding tert-OH is 1. The van der Waals surface area contributed by atoms with E-state index in [9.17, 15) is 4.79 Å². The molecule has 0 bridgehead atoms. The van der Waals surface area contributed by atoms with Crippen molar-refractivity contribution in [1.29, 1.82) is 0 Å². The number of rotatable bonds is 2. The number of nitrogens with zero attached hydrogens (tertiary/aromatic N) is 1. The molecule has 3 unspecified atom stereocenters. The quantitative estimate of drug-likeness (QED) is 0.650. The standard InChI is InChI=1S/C11H20N2O3/c1-8-10(2-3-12-8)11(15)13-4-5-16-9(6-13)7-14/h8-10,12,14H,2-7H2,1H3. The first-order valence-electron chi connectivity index (χ1n) is 5.97. The number of hydrogen-bond acceptors (Lipinski definition) is 4. The van der Waals surface area contributed by atoms with E-state index in [2.05, 4.69) is 12.2 Å². The Morgan fingerprint density at radius 1 is 1.62 bits per heavy atom. The molecule has 2 aliphatic heterocycles. The van der Waals surface area contributed by atoms with Gasteiger partial charge in [-0.05, 0) is 19.9 Å². The highest BCUT2D eigenvalue weighted by Crippen LogP contribution is 2.19. The number of nitrogens with one attached hydrogen (secondary N) is 1. The van der Waals surface area contributed by atoms with Crippen molar-refractivity contribution < 1.29 is 14.6 Å². The van der Waals surface area contributed by atoms with Gasteiger partial charge in [0.05, 0.1) is 25.2 Å². The molecule has 0 aliphatic carbocycles. The Balaban J connectivity index is 1.93. The molecule has 2 heterocycles. The van der Waals surface area contributed by atoms with E-state index in [0.29, 0.717) is 19.7 Å². The second-order valence-corrected chi connectivity index (χ2v) is 4.60. The summed E-state index contributed by atoms with van der Waals surface area (Å²) in [5.41, 5.74) is 0. The summed E-state index contributed by atoms with van der Waals surface area (Å²) in [6, 6.07) is 0.267. The topological polar surface area (TPSA) is 61.8 Å². The fourth-order valence-electron chi connectivity index (χ4n) is 2.46. The van der Waals surface area contributed by atoms with Crippen LogP contribution in [0.25, 0.3) is 0 Å². The maximum Gasteiger partial charge on any atom is 0.227 e. The van der Waals surface area contributed by atoms with Crippen LogP contribution in [0.3, 0.4) is 0 Å². The number of hydrogen-bond donors (Lipinski definition) is 2. The molecular formula is C11H20N2O3. The molecule has 2 fully saturated rings. The van der Waals surface area contributed by atoms with Crippen LogP contribution >= 0.6 is 0 Å². The summed E-state index contributed by atoms with van der Waals surface area (Å²) < 4.78 is 5.34.